The molecule has 3 aromatic rings. The van der Waals surface area contributed by atoms with Gasteiger partial charge in [0, 0.05) is 5.39 Å². The van der Waals surface area contributed by atoms with Crippen molar-refractivity contribution in [1.82, 2.24) is 9.97 Å². The van der Waals surface area contributed by atoms with Crippen LogP contribution >= 0.6 is 7.60 Å². The van der Waals surface area contributed by atoms with E-state index in [-0.39, 0.29) is 18.6 Å². The number of aromatic nitrogens is 2. The fourth-order valence-corrected chi connectivity index (χ4v) is 3.98. The van der Waals surface area contributed by atoms with Crippen LogP contribution in [0.25, 0.3) is 22.5 Å². The number of hydrogen-bond donors (Lipinski definition) is 0. The van der Waals surface area contributed by atoms with Crippen LogP contribution in [0.3, 0.4) is 0 Å². The molecule has 0 aliphatic heterocycles. The van der Waals surface area contributed by atoms with Gasteiger partial charge in [0.05, 0.1) is 25.0 Å². The summed E-state index contributed by atoms with van der Waals surface area (Å²) in [7, 11) is -3.54. The van der Waals surface area contributed by atoms with Gasteiger partial charge in [0.2, 0.25) is 0 Å². The monoisotopic (exact) mass is 332 g/mol. The maximum absolute atomic E-state index is 13.2. The van der Waals surface area contributed by atoms with Crippen molar-refractivity contribution in [3.8, 4) is 11.6 Å². The first kappa shape index (κ1) is 15.9. The Labute approximate surface area is 134 Å². The molecule has 0 aliphatic rings. The zero-order valence-electron chi connectivity index (χ0n) is 12.9. The second-order valence-electron chi connectivity index (χ2n) is 4.70. The van der Waals surface area contributed by atoms with Gasteiger partial charge < -0.3 is 13.5 Å². The molecule has 0 radical (unpaired) electrons. The molecule has 0 amide bonds. The zero-order valence-corrected chi connectivity index (χ0v) is 13.8. The fraction of sp³-hybridized carbons (Fsp3) is 0.250. The Kier molecular flexibility index (Phi) is 4.57. The van der Waals surface area contributed by atoms with Gasteiger partial charge in [-0.05, 0) is 32.0 Å². The molecule has 0 spiro atoms. The van der Waals surface area contributed by atoms with Crippen LogP contribution in [0.2, 0.25) is 0 Å². The van der Waals surface area contributed by atoms with E-state index in [1.807, 2.05) is 18.2 Å². The van der Waals surface area contributed by atoms with Crippen molar-refractivity contribution in [3.05, 3.63) is 42.7 Å². The third-order valence-electron chi connectivity index (χ3n) is 3.18. The van der Waals surface area contributed by atoms with Crippen molar-refractivity contribution >= 4 is 23.9 Å². The van der Waals surface area contributed by atoms with Gasteiger partial charge in [-0.1, -0.05) is 18.2 Å². The Morgan fingerprint density at radius 1 is 1.04 bits per heavy atom. The van der Waals surface area contributed by atoms with E-state index < -0.39 is 7.60 Å². The summed E-state index contributed by atoms with van der Waals surface area (Å²) in [4.78, 5) is 8.91. The molecule has 0 bridgehead atoms. The summed E-state index contributed by atoms with van der Waals surface area (Å²) in [5, 5.41) is 0.646. The van der Waals surface area contributed by atoms with Crippen molar-refractivity contribution in [1.29, 1.82) is 0 Å². The molecule has 120 valence electrons. The van der Waals surface area contributed by atoms with E-state index in [2.05, 4.69) is 9.97 Å². The van der Waals surface area contributed by atoms with E-state index in [9.17, 15) is 4.57 Å². The quantitative estimate of drug-likeness (QED) is 0.640. The Hall–Kier alpha value is -2.01. The summed E-state index contributed by atoms with van der Waals surface area (Å²) in [5.41, 5.74) is 0.918. The number of fused-ring (bicyclic) bond motifs is 1. The second-order valence-corrected chi connectivity index (χ2v) is 6.63. The third kappa shape index (κ3) is 3.06. The molecular formula is C16H17N2O4P. The van der Waals surface area contributed by atoms with Crippen LogP contribution in [-0.2, 0) is 13.6 Å². The van der Waals surface area contributed by atoms with Crippen LogP contribution in [0.15, 0.2) is 47.1 Å². The molecule has 0 saturated heterocycles. The van der Waals surface area contributed by atoms with Crippen LogP contribution in [0.5, 0.6) is 0 Å². The molecule has 2 heterocycles. The number of para-hydroxylation sites is 1. The molecule has 0 N–H and O–H groups in total. The number of benzene rings is 1. The number of rotatable bonds is 6. The Morgan fingerprint density at radius 3 is 2.43 bits per heavy atom. The average Bonchev–Trinajstić information content (AvgIpc) is 3.09. The van der Waals surface area contributed by atoms with Gasteiger partial charge in [-0.15, -0.1) is 0 Å². The Bertz CT molecular complexity index is 838. The van der Waals surface area contributed by atoms with Crippen molar-refractivity contribution in [2.24, 2.45) is 0 Å². The van der Waals surface area contributed by atoms with Crippen LogP contribution < -0.4 is 5.44 Å². The smallest absolute Gasteiger partial charge is 0.380 e. The first-order valence-corrected chi connectivity index (χ1v) is 8.92. The first-order valence-electron chi connectivity index (χ1n) is 7.38. The highest BCUT2D eigenvalue weighted by atomic mass is 31.2. The maximum Gasteiger partial charge on any atom is 0.380 e. The van der Waals surface area contributed by atoms with Crippen molar-refractivity contribution in [3.63, 3.8) is 0 Å². The zero-order chi connectivity index (χ0) is 16.3. The van der Waals surface area contributed by atoms with Crippen molar-refractivity contribution < 1.29 is 18.0 Å². The van der Waals surface area contributed by atoms with Crippen LogP contribution in [-0.4, -0.2) is 23.2 Å². The van der Waals surface area contributed by atoms with Gasteiger partial charge in [0.25, 0.3) is 0 Å². The molecule has 7 heteroatoms. The lowest BCUT2D eigenvalue weighted by Crippen LogP contribution is -2.17. The third-order valence-corrected chi connectivity index (χ3v) is 5.24. The van der Waals surface area contributed by atoms with Gasteiger partial charge >= 0.3 is 7.60 Å². The average molecular weight is 332 g/mol. The summed E-state index contributed by atoms with van der Waals surface area (Å²) in [6.45, 7) is 4.04. The molecule has 0 fully saturated rings. The number of furan rings is 1. The minimum atomic E-state index is -3.54. The molecule has 0 unspecified atom stereocenters. The van der Waals surface area contributed by atoms with Crippen LogP contribution in [0.4, 0.5) is 0 Å². The molecule has 2 aromatic heterocycles. The van der Waals surface area contributed by atoms with Gasteiger partial charge in [0.1, 0.15) is 0 Å². The summed E-state index contributed by atoms with van der Waals surface area (Å²) in [6.07, 6.45) is 1.54. The summed E-state index contributed by atoms with van der Waals surface area (Å²) in [6, 6.07) is 10.8. The summed E-state index contributed by atoms with van der Waals surface area (Å²) in [5.74, 6) is 0.847. The second kappa shape index (κ2) is 6.62. The lowest BCUT2D eigenvalue weighted by atomic mass is 10.2. The van der Waals surface area contributed by atoms with Gasteiger partial charge in [-0.25, -0.2) is 9.97 Å². The minimum absolute atomic E-state index is 0.256. The van der Waals surface area contributed by atoms with Crippen molar-refractivity contribution in [2.75, 3.05) is 13.2 Å². The number of hydrogen-bond acceptors (Lipinski definition) is 6. The maximum atomic E-state index is 13.2. The molecule has 23 heavy (non-hydrogen) atoms. The highest BCUT2D eigenvalue weighted by Crippen LogP contribution is 2.47. The molecule has 0 aliphatic carbocycles. The van der Waals surface area contributed by atoms with Crippen molar-refractivity contribution in [2.45, 2.75) is 13.8 Å². The van der Waals surface area contributed by atoms with E-state index in [4.69, 9.17) is 13.5 Å². The predicted molar refractivity (Wildman–Crippen MR) is 87.7 cm³/mol. The number of nitrogens with zero attached hydrogens (tertiary/aromatic N) is 2. The van der Waals surface area contributed by atoms with Crippen LogP contribution in [0, 0.1) is 0 Å². The standard InChI is InChI=1S/C16H17N2O4P/c1-3-21-23(19,22-4-2)16-12-8-5-6-9-13(12)17-15(18-16)14-10-7-11-20-14/h5-11H,3-4H2,1-2H3. The highest BCUT2D eigenvalue weighted by molar-refractivity contribution is 7.62. The van der Waals surface area contributed by atoms with Gasteiger partial charge in [-0.2, -0.15) is 0 Å². The molecule has 0 saturated carbocycles. The highest BCUT2D eigenvalue weighted by Gasteiger charge is 2.32. The summed E-state index contributed by atoms with van der Waals surface area (Å²) < 4.78 is 29.4. The summed E-state index contributed by atoms with van der Waals surface area (Å²) >= 11 is 0. The molecule has 6 nitrogen and oxygen atoms in total. The first-order chi connectivity index (χ1) is 11.2. The SMILES string of the molecule is CCOP(=O)(OCC)c1nc(-c2ccco2)nc2ccccc12. The molecule has 1 aromatic carbocycles. The molecular weight excluding hydrogens is 315 g/mol. The topological polar surface area (TPSA) is 74.5 Å². The predicted octanol–water partition coefficient (Wildman–Crippen LogP) is 3.78. The fourth-order valence-electron chi connectivity index (χ4n) is 2.28. The lowest BCUT2D eigenvalue weighted by molar-refractivity contribution is 0.229. The van der Waals surface area contributed by atoms with E-state index in [1.165, 1.54) is 6.26 Å². The van der Waals surface area contributed by atoms with E-state index in [1.54, 1.807) is 32.0 Å². The largest absolute Gasteiger partial charge is 0.461 e. The molecule has 3 rings (SSSR count). The minimum Gasteiger partial charge on any atom is -0.461 e. The van der Waals surface area contributed by atoms with Crippen LogP contribution in [0.1, 0.15) is 13.8 Å². The van der Waals surface area contributed by atoms with E-state index >= 15 is 0 Å². The van der Waals surface area contributed by atoms with Gasteiger partial charge in [-0.3, -0.25) is 4.57 Å². The Morgan fingerprint density at radius 2 is 1.78 bits per heavy atom. The lowest BCUT2D eigenvalue weighted by Gasteiger charge is -2.18. The van der Waals surface area contributed by atoms with E-state index in [0.717, 1.165) is 0 Å². The molecule has 0 atom stereocenters. The Balaban J connectivity index is 2.27. The normalized spacial score (nSPS) is 11.9. The van der Waals surface area contributed by atoms with E-state index in [0.29, 0.717) is 22.5 Å². The van der Waals surface area contributed by atoms with Gasteiger partial charge in [0.15, 0.2) is 17.0 Å².